The quantitative estimate of drug-likeness (QED) is 0.791. The number of hydrogen-bond donors (Lipinski definition) is 1. The summed E-state index contributed by atoms with van der Waals surface area (Å²) in [5.74, 6) is -0.659. The predicted molar refractivity (Wildman–Crippen MR) is 92.8 cm³/mol. The number of hydrogen-bond acceptors (Lipinski definition) is 3. The first-order valence-corrected chi connectivity index (χ1v) is 7.69. The van der Waals surface area contributed by atoms with Crippen LogP contribution >= 0.6 is 0 Å². The van der Waals surface area contributed by atoms with Crippen LogP contribution in [0.5, 0.6) is 0 Å². The Kier molecular flexibility index (Phi) is 4.25. The number of para-hydroxylation sites is 1. The summed E-state index contributed by atoms with van der Waals surface area (Å²) in [4.78, 5) is 14.4. The zero-order valence-corrected chi connectivity index (χ0v) is 13.9. The Morgan fingerprint density at radius 2 is 1.88 bits per heavy atom. The minimum atomic E-state index is -0.464. The Morgan fingerprint density at radius 1 is 1.17 bits per heavy atom. The van der Waals surface area contributed by atoms with Crippen LogP contribution in [0.25, 0.3) is 11.0 Å². The van der Waals surface area contributed by atoms with Gasteiger partial charge < -0.3 is 14.6 Å². The lowest BCUT2D eigenvalue weighted by Crippen LogP contribution is -2.23. The summed E-state index contributed by atoms with van der Waals surface area (Å²) < 4.78 is 19.2. The monoisotopic (exact) mass is 326 g/mol. The Morgan fingerprint density at radius 3 is 2.50 bits per heavy atom. The van der Waals surface area contributed by atoms with Gasteiger partial charge in [0, 0.05) is 37.3 Å². The van der Waals surface area contributed by atoms with Crippen molar-refractivity contribution in [2.24, 2.45) is 0 Å². The molecule has 1 amide bonds. The highest BCUT2D eigenvalue weighted by molar-refractivity contribution is 5.98. The van der Waals surface area contributed by atoms with Crippen molar-refractivity contribution < 1.29 is 13.6 Å². The van der Waals surface area contributed by atoms with Crippen molar-refractivity contribution in [2.45, 2.75) is 13.5 Å². The van der Waals surface area contributed by atoms with Crippen LogP contribution in [-0.4, -0.2) is 20.0 Å². The molecule has 0 atom stereocenters. The standard InChI is InChI=1S/C19H19FN2O2/c1-12-15-5-4-6-16(20)18(15)24-17(12)19(23)21-11-13-7-9-14(10-8-13)22(2)3/h4-10H,11H2,1-3H3,(H,21,23). The van der Waals surface area contributed by atoms with Crippen LogP contribution in [-0.2, 0) is 6.54 Å². The smallest absolute Gasteiger partial charge is 0.287 e. The van der Waals surface area contributed by atoms with Crippen molar-refractivity contribution in [3.8, 4) is 0 Å². The Bertz CT molecular complexity index is 882. The van der Waals surface area contributed by atoms with E-state index in [1.54, 1.807) is 19.1 Å². The molecule has 4 nitrogen and oxygen atoms in total. The van der Waals surface area contributed by atoms with Crippen molar-refractivity contribution >= 4 is 22.6 Å². The third-order valence-corrected chi connectivity index (χ3v) is 4.03. The molecule has 3 aromatic rings. The van der Waals surface area contributed by atoms with E-state index in [2.05, 4.69) is 5.32 Å². The molecule has 0 radical (unpaired) electrons. The number of benzene rings is 2. The first-order chi connectivity index (χ1) is 11.5. The van der Waals surface area contributed by atoms with Crippen molar-refractivity contribution in [2.75, 3.05) is 19.0 Å². The van der Waals surface area contributed by atoms with Gasteiger partial charge in [-0.3, -0.25) is 4.79 Å². The number of carbonyl (C=O) groups is 1. The molecule has 0 bridgehead atoms. The average molecular weight is 326 g/mol. The summed E-state index contributed by atoms with van der Waals surface area (Å²) in [6, 6.07) is 12.6. The Hall–Kier alpha value is -2.82. The van der Waals surface area contributed by atoms with E-state index in [0.717, 1.165) is 11.3 Å². The summed E-state index contributed by atoms with van der Waals surface area (Å²) in [6.45, 7) is 2.14. The summed E-state index contributed by atoms with van der Waals surface area (Å²) in [6.07, 6.45) is 0. The number of fused-ring (bicyclic) bond motifs is 1. The summed E-state index contributed by atoms with van der Waals surface area (Å²) in [5, 5.41) is 3.44. The number of anilines is 1. The maximum atomic E-state index is 13.8. The lowest BCUT2D eigenvalue weighted by atomic mass is 10.1. The van der Waals surface area contributed by atoms with Crippen LogP contribution in [0.4, 0.5) is 10.1 Å². The number of furan rings is 1. The topological polar surface area (TPSA) is 45.5 Å². The van der Waals surface area contributed by atoms with E-state index in [1.165, 1.54) is 6.07 Å². The minimum absolute atomic E-state index is 0.121. The SMILES string of the molecule is Cc1c(C(=O)NCc2ccc(N(C)C)cc2)oc2c(F)cccc12. The molecule has 0 aliphatic carbocycles. The number of halogens is 1. The van der Waals surface area contributed by atoms with Crippen molar-refractivity contribution in [1.29, 1.82) is 0 Å². The molecule has 2 aromatic carbocycles. The van der Waals surface area contributed by atoms with Gasteiger partial charge in [0.15, 0.2) is 17.2 Å². The fourth-order valence-corrected chi connectivity index (χ4v) is 2.60. The molecular weight excluding hydrogens is 307 g/mol. The summed E-state index contributed by atoms with van der Waals surface area (Å²) in [7, 11) is 3.94. The van der Waals surface area contributed by atoms with E-state index < -0.39 is 5.82 Å². The fraction of sp³-hybridized carbons (Fsp3) is 0.211. The molecule has 1 N–H and O–H groups in total. The van der Waals surface area contributed by atoms with E-state index in [9.17, 15) is 9.18 Å². The first-order valence-electron chi connectivity index (χ1n) is 7.69. The molecule has 0 aliphatic heterocycles. The number of nitrogens with one attached hydrogen (secondary N) is 1. The highest BCUT2D eigenvalue weighted by atomic mass is 19.1. The third kappa shape index (κ3) is 2.97. The van der Waals surface area contributed by atoms with E-state index in [-0.39, 0.29) is 17.3 Å². The van der Waals surface area contributed by atoms with E-state index in [1.807, 2.05) is 43.3 Å². The average Bonchev–Trinajstić information content (AvgIpc) is 2.92. The lowest BCUT2D eigenvalue weighted by Gasteiger charge is -2.12. The first kappa shape index (κ1) is 16.1. The zero-order chi connectivity index (χ0) is 17.3. The maximum Gasteiger partial charge on any atom is 0.287 e. The van der Waals surface area contributed by atoms with E-state index >= 15 is 0 Å². The van der Waals surface area contributed by atoms with Crippen molar-refractivity contribution in [3.05, 3.63) is 65.2 Å². The molecule has 5 heteroatoms. The third-order valence-electron chi connectivity index (χ3n) is 4.03. The molecule has 0 fully saturated rings. The van der Waals surface area contributed by atoms with Crippen molar-refractivity contribution in [3.63, 3.8) is 0 Å². The molecule has 1 heterocycles. The molecule has 0 spiro atoms. The van der Waals surface area contributed by atoms with Crippen LogP contribution in [0, 0.1) is 12.7 Å². The fourth-order valence-electron chi connectivity index (χ4n) is 2.60. The van der Waals surface area contributed by atoms with E-state index in [4.69, 9.17) is 4.42 Å². The Balaban J connectivity index is 1.75. The molecule has 24 heavy (non-hydrogen) atoms. The summed E-state index contributed by atoms with van der Waals surface area (Å²) in [5.41, 5.74) is 2.84. The zero-order valence-electron chi connectivity index (χ0n) is 13.9. The number of nitrogens with zero attached hydrogens (tertiary/aromatic N) is 1. The van der Waals surface area contributed by atoms with Crippen LogP contribution in [0.15, 0.2) is 46.9 Å². The number of aryl methyl sites for hydroxylation is 1. The van der Waals surface area contributed by atoms with Gasteiger partial charge in [-0.25, -0.2) is 4.39 Å². The van der Waals surface area contributed by atoms with Gasteiger partial charge in [0.25, 0.3) is 5.91 Å². The van der Waals surface area contributed by atoms with Crippen molar-refractivity contribution in [1.82, 2.24) is 5.32 Å². The molecule has 0 unspecified atom stereocenters. The van der Waals surface area contributed by atoms with Crippen LogP contribution in [0.3, 0.4) is 0 Å². The Labute approximate surface area is 139 Å². The van der Waals surface area contributed by atoms with Gasteiger partial charge in [0.2, 0.25) is 0 Å². The minimum Gasteiger partial charge on any atom is -0.448 e. The lowest BCUT2D eigenvalue weighted by molar-refractivity contribution is 0.0924. The highest BCUT2D eigenvalue weighted by Gasteiger charge is 2.19. The number of rotatable bonds is 4. The van der Waals surface area contributed by atoms with Crippen LogP contribution in [0.2, 0.25) is 0 Å². The van der Waals surface area contributed by atoms with Gasteiger partial charge >= 0.3 is 0 Å². The molecule has 0 saturated carbocycles. The number of amides is 1. The second-order valence-electron chi connectivity index (χ2n) is 5.92. The molecule has 3 rings (SSSR count). The normalized spacial score (nSPS) is 10.8. The van der Waals surface area contributed by atoms with Gasteiger partial charge in [-0.15, -0.1) is 0 Å². The van der Waals surface area contributed by atoms with Gasteiger partial charge in [-0.1, -0.05) is 24.3 Å². The molecule has 1 aromatic heterocycles. The van der Waals surface area contributed by atoms with Crippen LogP contribution < -0.4 is 10.2 Å². The molecule has 124 valence electrons. The summed E-state index contributed by atoms with van der Waals surface area (Å²) >= 11 is 0. The molecular formula is C19H19FN2O2. The van der Waals surface area contributed by atoms with E-state index in [0.29, 0.717) is 17.5 Å². The van der Waals surface area contributed by atoms with Crippen LogP contribution in [0.1, 0.15) is 21.7 Å². The molecule has 0 saturated heterocycles. The van der Waals surface area contributed by atoms with Gasteiger partial charge in [-0.2, -0.15) is 0 Å². The second-order valence-corrected chi connectivity index (χ2v) is 5.92. The van der Waals surface area contributed by atoms with Gasteiger partial charge in [0.1, 0.15) is 0 Å². The highest BCUT2D eigenvalue weighted by Crippen LogP contribution is 2.27. The van der Waals surface area contributed by atoms with Gasteiger partial charge in [-0.05, 0) is 30.7 Å². The second kappa shape index (κ2) is 6.35. The number of carbonyl (C=O) groups excluding carboxylic acids is 1. The molecule has 0 aliphatic rings. The van der Waals surface area contributed by atoms with Gasteiger partial charge in [0.05, 0.1) is 0 Å². The predicted octanol–water partition coefficient (Wildman–Crippen LogP) is 3.88. The maximum absolute atomic E-state index is 13.8. The largest absolute Gasteiger partial charge is 0.448 e.